The molecule has 4 heteroatoms. The summed E-state index contributed by atoms with van der Waals surface area (Å²) in [6, 6.07) is 7.81. The summed E-state index contributed by atoms with van der Waals surface area (Å²) in [6.45, 7) is 4.75. The van der Waals surface area contributed by atoms with E-state index in [4.69, 9.17) is 5.73 Å². The lowest BCUT2D eigenvalue weighted by Crippen LogP contribution is -2.42. The Labute approximate surface area is 122 Å². The second kappa shape index (κ2) is 7.29. The number of amides is 1. The Morgan fingerprint density at radius 3 is 2.15 bits per heavy atom. The van der Waals surface area contributed by atoms with Crippen molar-refractivity contribution < 1.29 is 4.79 Å². The Morgan fingerprint density at radius 2 is 1.70 bits per heavy atom. The first-order valence-electron chi connectivity index (χ1n) is 7.08. The van der Waals surface area contributed by atoms with Crippen LogP contribution in [0.4, 0.5) is 5.69 Å². The summed E-state index contributed by atoms with van der Waals surface area (Å²) in [5.41, 5.74) is 8.20. The molecule has 0 saturated carbocycles. The molecule has 0 spiro atoms. The van der Waals surface area contributed by atoms with Crippen molar-refractivity contribution in [1.29, 1.82) is 0 Å². The van der Waals surface area contributed by atoms with Crippen molar-refractivity contribution >= 4 is 11.6 Å². The molecule has 0 heterocycles. The number of hydrogen-bond acceptors (Lipinski definition) is 3. The van der Waals surface area contributed by atoms with E-state index in [1.807, 2.05) is 33.3 Å². The zero-order valence-electron chi connectivity index (χ0n) is 13.3. The molecule has 0 fully saturated rings. The molecule has 1 aromatic rings. The van der Waals surface area contributed by atoms with Crippen molar-refractivity contribution in [3.63, 3.8) is 0 Å². The van der Waals surface area contributed by atoms with Crippen LogP contribution in [0.3, 0.4) is 0 Å². The van der Waals surface area contributed by atoms with Gasteiger partial charge in [0.15, 0.2) is 0 Å². The summed E-state index contributed by atoms with van der Waals surface area (Å²) in [5, 5.41) is 0. The Kier molecular flexibility index (Phi) is 6.02. The van der Waals surface area contributed by atoms with Crippen LogP contribution in [0.5, 0.6) is 0 Å². The SMILES string of the molecule is CC(C)CC(N)C(=O)N(C)Cc1ccc(N(C)C)cc1. The van der Waals surface area contributed by atoms with Crippen LogP contribution in [-0.2, 0) is 11.3 Å². The molecular formula is C16H27N3O. The van der Waals surface area contributed by atoms with Crippen LogP contribution >= 0.6 is 0 Å². The van der Waals surface area contributed by atoms with Gasteiger partial charge in [0.25, 0.3) is 0 Å². The average Bonchev–Trinajstić information content (AvgIpc) is 2.37. The van der Waals surface area contributed by atoms with E-state index in [-0.39, 0.29) is 5.91 Å². The first kappa shape index (κ1) is 16.5. The Morgan fingerprint density at radius 1 is 1.15 bits per heavy atom. The van der Waals surface area contributed by atoms with Gasteiger partial charge in [0.2, 0.25) is 5.91 Å². The molecule has 2 N–H and O–H groups in total. The van der Waals surface area contributed by atoms with Gasteiger partial charge in [-0.05, 0) is 30.0 Å². The number of likely N-dealkylation sites (N-methyl/N-ethyl adjacent to an activating group) is 1. The standard InChI is InChI=1S/C16H27N3O/c1-12(2)10-15(17)16(20)19(5)11-13-6-8-14(9-7-13)18(3)4/h6-9,12,15H,10-11,17H2,1-5H3. The number of nitrogens with zero attached hydrogens (tertiary/aromatic N) is 2. The highest BCUT2D eigenvalue weighted by Gasteiger charge is 2.19. The van der Waals surface area contributed by atoms with Crippen LogP contribution in [0.1, 0.15) is 25.8 Å². The fraction of sp³-hybridized carbons (Fsp3) is 0.562. The van der Waals surface area contributed by atoms with Gasteiger partial charge in [-0.1, -0.05) is 26.0 Å². The summed E-state index contributed by atoms with van der Waals surface area (Å²) in [7, 11) is 5.83. The van der Waals surface area contributed by atoms with Gasteiger partial charge in [0.1, 0.15) is 0 Å². The quantitative estimate of drug-likeness (QED) is 0.866. The highest BCUT2D eigenvalue weighted by atomic mass is 16.2. The molecule has 0 aliphatic heterocycles. The number of benzene rings is 1. The van der Waals surface area contributed by atoms with Crippen LogP contribution in [0.2, 0.25) is 0 Å². The molecule has 0 saturated heterocycles. The van der Waals surface area contributed by atoms with Crippen molar-refractivity contribution in [3.05, 3.63) is 29.8 Å². The maximum Gasteiger partial charge on any atom is 0.239 e. The molecule has 1 atom stereocenters. The first-order chi connectivity index (χ1) is 9.31. The third kappa shape index (κ3) is 4.85. The molecule has 1 unspecified atom stereocenters. The van der Waals surface area contributed by atoms with Gasteiger partial charge in [-0.2, -0.15) is 0 Å². The fourth-order valence-corrected chi connectivity index (χ4v) is 2.14. The van der Waals surface area contributed by atoms with E-state index in [1.165, 1.54) is 0 Å². The monoisotopic (exact) mass is 277 g/mol. The lowest BCUT2D eigenvalue weighted by Gasteiger charge is -2.22. The number of carbonyl (C=O) groups is 1. The molecular weight excluding hydrogens is 250 g/mol. The van der Waals surface area contributed by atoms with Gasteiger partial charge in [-0.3, -0.25) is 4.79 Å². The van der Waals surface area contributed by atoms with E-state index >= 15 is 0 Å². The zero-order valence-corrected chi connectivity index (χ0v) is 13.3. The molecule has 0 aliphatic rings. The summed E-state index contributed by atoms with van der Waals surface area (Å²) in [5.74, 6) is 0.442. The van der Waals surface area contributed by atoms with E-state index < -0.39 is 6.04 Å². The van der Waals surface area contributed by atoms with Crippen LogP contribution in [-0.4, -0.2) is 38.0 Å². The summed E-state index contributed by atoms with van der Waals surface area (Å²) < 4.78 is 0. The Bertz CT molecular complexity index is 426. The fourth-order valence-electron chi connectivity index (χ4n) is 2.14. The molecule has 1 aromatic carbocycles. The van der Waals surface area contributed by atoms with E-state index in [0.717, 1.165) is 17.7 Å². The minimum atomic E-state index is -0.402. The smallest absolute Gasteiger partial charge is 0.239 e. The topological polar surface area (TPSA) is 49.6 Å². The molecule has 1 rings (SSSR count). The molecule has 1 amide bonds. The summed E-state index contributed by atoms with van der Waals surface area (Å²) >= 11 is 0. The Hall–Kier alpha value is -1.55. The van der Waals surface area contributed by atoms with Crippen molar-refractivity contribution in [1.82, 2.24) is 4.90 Å². The minimum absolute atomic E-state index is 0.00962. The van der Waals surface area contributed by atoms with Gasteiger partial charge in [0, 0.05) is 33.4 Å². The summed E-state index contributed by atoms with van der Waals surface area (Å²) in [4.78, 5) is 15.9. The van der Waals surface area contributed by atoms with Crippen molar-refractivity contribution in [3.8, 4) is 0 Å². The lowest BCUT2D eigenvalue weighted by molar-refractivity contribution is -0.132. The van der Waals surface area contributed by atoms with Crippen molar-refractivity contribution in [2.24, 2.45) is 11.7 Å². The summed E-state index contributed by atoms with van der Waals surface area (Å²) in [6.07, 6.45) is 0.725. The lowest BCUT2D eigenvalue weighted by atomic mass is 10.0. The van der Waals surface area contributed by atoms with E-state index in [0.29, 0.717) is 12.5 Å². The zero-order chi connectivity index (χ0) is 15.3. The third-order valence-corrected chi connectivity index (χ3v) is 3.29. The largest absolute Gasteiger partial charge is 0.378 e. The van der Waals surface area contributed by atoms with Gasteiger partial charge >= 0.3 is 0 Å². The third-order valence-electron chi connectivity index (χ3n) is 3.29. The maximum atomic E-state index is 12.2. The number of nitrogens with two attached hydrogens (primary N) is 1. The minimum Gasteiger partial charge on any atom is -0.378 e. The maximum absolute atomic E-state index is 12.2. The number of rotatable bonds is 6. The van der Waals surface area contributed by atoms with E-state index in [2.05, 4.69) is 30.9 Å². The Balaban J connectivity index is 2.61. The van der Waals surface area contributed by atoms with E-state index in [9.17, 15) is 4.79 Å². The number of carbonyl (C=O) groups excluding carboxylic acids is 1. The van der Waals surface area contributed by atoms with Crippen LogP contribution in [0.15, 0.2) is 24.3 Å². The molecule has 0 bridgehead atoms. The van der Waals surface area contributed by atoms with Crippen molar-refractivity contribution in [2.45, 2.75) is 32.9 Å². The number of hydrogen-bond donors (Lipinski definition) is 1. The molecule has 0 aliphatic carbocycles. The van der Waals surface area contributed by atoms with Gasteiger partial charge in [-0.15, -0.1) is 0 Å². The highest BCUT2D eigenvalue weighted by molar-refractivity contribution is 5.81. The first-order valence-corrected chi connectivity index (χ1v) is 7.08. The van der Waals surface area contributed by atoms with Gasteiger partial charge in [-0.25, -0.2) is 0 Å². The molecule has 0 radical (unpaired) electrons. The van der Waals surface area contributed by atoms with Gasteiger partial charge in [0.05, 0.1) is 6.04 Å². The van der Waals surface area contributed by atoms with Gasteiger partial charge < -0.3 is 15.5 Å². The molecule has 112 valence electrons. The second-order valence-corrected chi connectivity index (χ2v) is 5.99. The number of anilines is 1. The van der Waals surface area contributed by atoms with E-state index in [1.54, 1.807) is 4.90 Å². The van der Waals surface area contributed by atoms with Crippen LogP contribution in [0.25, 0.3) is 0 Å². The van der Waals surface area contributed by atoms with Crippen molar-refractivity contribution in [2.75, 3.05) is 26.0 Å². The average molecular weight is 277 g/mol. The van der Waals surface area contributed by atoms with Crippen LogP contribution in [0, 0.1) is 5.92 Å². The molecule has 4 nitrogen and oxygen atoms in total. The second-order valence-electron chi connectivity index (χ2n) is 5.99. The highest BCUT2D eigenvalue weighted by Crippen LogP contribution is 2.14. The predicted octanol–water partition coefficient (Wildman–Crippen LogP) is 2.08. The normalized spacial score (nSPS) is 12.3. The molecule has 20 heavy (non-hydrogen) atoms. The predicted molar refractivity (Wildman–Crippen MR) is 84.7 cm³/mol. The molecule has 0 aromatic heterocycles. The van der Waals surface area contributed by atoms with Crippen LogP contribution < -0.4 is 10.6 Å².